The Labute approximate surface area is 86.4 Å². The van der Waals surface area contributed by atoms with E-state index in [1.165, 1.54) is 6.07 Å². The topological polar surface area (TPSA) is 69.2 Å². The second-order valence-corrected chi connectivity index (χ2v) is 3.10. The molecule has 1 atom stereocenters. The van der Waals surface area contributed by atoms with E-state index in [-0.39, 0.29) is 6.04 Å². The van der Waals surface area contributed by atoms with Crippen LogP contribution in [0, 0.1) is 15.9 Å². The lowest BCUT2D eigenvalue weighted by molar-refractivity contribution is -0.387. The maximum absolute atomic E-state index is 13.0. The van der Waals surface area contributed by atoms with Gasteiger partial charge in [-0.2, -0.15) is 4.39 Å². The van der Waals surface area contributed by atoms with Crippen LogP contribution in [0.3, 0.4) is 0 Å². The molecule has 4 nitrogen and oxygen atoms in total. The minimum absolute atomic E-state index is 0.387. The second-order valence-electron chi connectivity index (χ2n) is 3.10. The first kappa shape index (κ1) is 11.3. The van der Waals surface area contributed by atoms with Crippen molar-refractivity contribution in [2.45, 2.75) is 12.5 Å². The Balaban J connectivity index is 3.06. The third-order valence-corrected chi connectivity index (χ3v) is 2.02. The van der Waals surface area contributed by atoms with Crippen LogP contribution in [-0.4, -0.2) is 4.92 Å². The minimum atomic E-state index is -0.852. The third-order valence-electron chi connectivity index (χ3n) is 2.02. The monoisotopic (exact) mass is 210 g/mol. The molecule has 0 aromatic heterocycles. The molecule has 0 unspecified atom stereocenters. The van der Waals surface area contributed by atoms with Crippen molar-refractivity contribution in [1.29, 1.82) is 0 Å². The Morgan fingerprint density at radius 3 is 2.87 bits per heavy atom. The standard InChI is InChI=1S/C10H11FN2O2/c1-2-3-9(12)7-4-5-8(11)10(6-7)13(14)15/h2,4-6,9H,1,3,12H2/t9-/m1/s1. The van der Waals surface area contributed by atoms with Crippen LogP contribution in [-0.2, 0) is 0 Å². The van der Waals surface area contributed by atoms with Gasteiger partial charge in [0.15, 0.2) is 0 Å². The highest BCUT2D eigenvalue weighted by molar-refractivity contribution is 5.37. The van der Waals surface area contributed by atoms with Gasteiger partial charge in [0, 0.05) is 12.1 Å². The summed E-state index contributed by atoms with van der Waals surface area (Å²) in [4.78, 5) is 9.69. The Morgan fingerprint density at radius 1 is 1.67 bits per heavy atom. The second kappa shape index (κ2) is 4.65. The average Bonchev–Trinajstić information content (AvgIpc) is 2.18. The first-order valence-electron chi connectivity index (χ1n) is 4.36. The number of halogens is 1. The van der Waals surface area contributed by atoms with E-state index in [4.69, 9.17) is 5.73 Å². The first-order valence-corrected chi connectivity index (χ1v) is 4.36. The molecule has 0 aliphatic carbocycles. The lowest BCUT2D eigenvalue weighted by Gasteiger charge is -2.08. The zero-order chi connectivity index (χ0) is 11.4. The smallest absolute Gasteiger partial charge is 0.305 e. The van der Waals surface area contributed by atoms with Crippen LogP contribution < -0.4 is 5.73 Å². The zero-order valence-corrected chi connectivity index (χ0v) is 8.02. The van der Waals surface area contributed by atoms with Crippen molar-refractivity contribution >= 4 is 5.69 Å². The Kier molecular flexibility index (Phi) is 3.51. The number of hydrogen-bond donors (Lipinski definition) is 1. The highest BCUT2D eigenvalue weighted by Crippen LogP contribution is 2.23. The first-order chi connectivity index (χ1) is 7.06. The summed E-state index contributed by atoms with van der Waals surface area (Å²) in [5.74, 6) is -0.852. The van der Waals surface area contributed by atoms with Crippen molar-refractivity contribution < 1.29 is 9.31 Å². The van der Waals surface area contributed by atoms with E-state index in [2.05, 4.69) is 6.58 Å². The summed E-state index contributed by atoms with van der Waals surface area (Å²) in [5, 5.41) is 10.5. The maximum Gasteiger partial charge on any atom is 0.305 e. The van der Waals surface area contributed by atoms with E-state index in [0.717, 1.165) is 12.1 Å². The molecule has 5 heteroatoms. The van der Waals surface area contributed by atoms with Gasteiger partial charge in [-0.3, -0.25) is 10.1 Å². The molecule has 0 bridgehead atoms. The predicted octanol–water partition coefficient (Wildman–Crippen LogP) is 2.31. The van der Waals surface area contributed by atoms with Gasteiger partial charge in [0.25, 0.3) is 0 Å². The lowest BCUT2D eigenvalue weighted by atomic mass is 10.0. The molecule has 0 saturated carbocycles. The summed E-state index contributed by atoms with van der Waals surface area (Å²) in [5.41, 5.74) is 5.69. The SMILES string of the molecule is C=CC[C@@H](N)c1ccc(F)c([N+](=O)[O-])c1. The molecule has 0 spiro atoms. The van der Waals surface area contributed by atoms with Crippen LogP contribution in [0.1, 0.15) is 18.0 Å². The molecule has 15 heavy (non-hydrogen) atoms. The van der Waals surface area contributed by atoms with Crippen molar-refractivity contribution in [3.63, 3.8) is 0 Å². The van der Waals surface area contributed by atoms with E-state index in [0.29, 0.717) is 12.0 Å². The molecule has 80 valence electrons. The van der Waals surface area contributed by atoms with Crippen LogP contribution >= 0.6 is 0 Å². The fourth-order valence-corrected chi connectivity index (χ4v) is 1.22. The van der Waals surface area contributed by atoms with Gasteiger partial charge in [-0.15, -0.1) is 6.58 Å². The molecule has 1 aromatic carbocycles. The molecule has 0 fully saturated rings. The lowest BCUT2D eigenvalue weighted by Crippen LogP contribution is -2.09. The number of nitrogens with two attached hydrogens (primary N) is 1. The molecule has 0 radical (unpaired) electrons. The Morgan fingerprint density at radius 2 is 2.33 bits per heavy atom. The molecule has 1 aromatic rings. The Bertz CT molecular complexity index is 393. The number of nitrogens with zero attached hydrogens (tertiary/aromatic N) is 1. The van der Waals surface area contributed by atoms with Gasteiger partial charge >= 0.3 is 5.69 Å². The molecule has 2 N–H and O–H groups in total. The van der Waals surface area contributed by atoms with E-state index >= 15 is 0 Å². The van der Waals surface area contributed by atoms with Gasteiger partial charge in [0.2, 0.25) is 5.82 Å². The van der Waals surface area contributed by atoms with E-state index in [1.54, 1.807) is 6.08 Å². The van der Waals surface area contributed by atoms with E-state index in [1.807, 2.05) is 0 Å². The highest BCUT2D eigenvalue weighted by atomic mass is 19.1. The summed E-state index contributed by atoms with van der Waals surface area (Å²) < 4.78 is 13.0. The van der Waals surface area contributed by atoms with Crippen LogP contribution in [0.15, 0.2) is 30.9 Å². The maximum atomic E-state index is 13.0. The van der Waals surface area contributed by atoms with Crippen LogP contribution in [0.5, 0.6) is 0 Å². The highest BCUT2D eigenvalue weighted by Gasteiger charge is 2.16. The van der Waals surface area contributed by atoms with Gasteiger partial charge in [-0.25, -0.2) is 0 Å². The third kappa shape index (κ3) is 2.60. The van der Waals surface area contributed by atoms with Crippen LogP contribution in [0.2, 0.25) is 0 Å². The molecule has 0 heterocycles. The molecule has 0 saturated heterocycles. The molecule has 0 amide bonds. The fourth-order valence-electron chi connectivity index (χ4n) is 1.22. The molecule has 0 aliphatic rings. The fraction of sp³-hybridized carbons (Fsp3) is 0.200. The predicted molar refractivity (Wildman–Crippen MR) is 54.8 cm³/mol. The normalized spacial score (nSPS) is 12.1. The summed E-state index contributed by atoms with van der Waals surface area (Å²) in [6, 6.07) is 3.26. The van der Waals surface area contributed by atoms with Crippen molar-refractivity contribution in [2.24, 2.45) is 5.73 Å². The quantitative estimate of drug-likeness (QED) is 0.471. The van der Waals surface area contributed by atoms with Gasteiger partial charge < -0.3 is 5.73 Å². The molecular weight excluding hydrogens is 199 g/mol. The van der Waals surface area contributed by atoms with E-state index in [9.17, 15) is 14.5 Å². The summed E-state index contributed by atoms with van der Waals surface area (Å²) in [7, 11) is 0. The number of nitro groups is 1. The van der Waals surface area contributed by atoms with E-state index < -0.39 is 16.4 Å². The largest absolute Gasteiger partial charge is 0.324 e. The molecule has 1 rings (SSSR count). The number of hydrogen-bond acceptors (Lipinski definition) is 3. The molecule has 0 aliphatic heterocycles. The number of rotatable bonds is 4. The van der Waals surface area contributed by atoms with Crippen LogP contribution in [0.25, 0.3) is 0 Å². The van der Waals surface area contributed by atoms with Gasteiger partial charge in [0.05, 0.1) is 4.92 Å². The van der Waals surface area contributed by atoms with Crippen molar-refractivity contribution in [3.8, 4) is 0 Å². The van der Waals surface area contributed by atoms with Crippen molar-refractivity contribution in [2.75, 3.05) is 0 Å². The summed E-state index contributed by atoms with van der Waals surface area (Å²) >= 11 is 0. The molecular formula is C10H11FN2O2. The van der Waals surface area contributed by atoms with Crippen LogP contribution in [0.4, 0.5) is 10.1 Å². The van der Waals surface area contributed by atoms with Crippen molar-refractivity contribution in [1.82, 2.24) is 0 Å². The Hall–Kier alpha value is -1.75. The minimum Gasteiger partial charge on any atom is -0.324 e. The zero-order valence-electron chi connectivity index (χ0n) is 8.02. The van der Waals surface area contributed by atoms with Gasteiger partial charge in [0.1, 0.15) is 0 Å². The van der Waals surface area contributed by atoms with Crippen molar-refractivity contribution in [3.05, 3.63) is 52.3 Å². The number of nitro benzene ring substituents is 1. The summed E-state index contributed by atoms with van der Waals surface area (Å²) in [6.45, 7) is 3.51. The number of benzene rings is 1. The average molecular weight is 210 g/mol. The van der Waals surface area contributed by atoms with Gasteiger partial charge in [-0.05, 0) is 18.1 Å². The van der Waals surface area contributed by atoms with Gasteiger partial charge in [-0.1, -0.05) is 12.1 Å². The summed E-state index contributed by atoms with van der Waals surface area (Å²) in [6.07, 6.45) is 2.10.